The van der Waals surface area contributed by atoms with E-state index >= 15 is 0 Å². The molecule has 1 N–H and O–H groups in total. The molecule has 0 aromatic carbocycles. The summed E-state index contributed by atoms with van der Waals surface area (Å²) in [5, 5.41) is 3.61. The third kappa shape index (κ3) is 4.87. The second kappa shape index (κ2) is 8.13. The maximum absolute atomic E-state index is 5.84. The quantitative estimate of drug-likeness (QED) is 0.722. The van der Waals surface area contributed by atoms with Crippen LogP contribution in [0.5, 0.6) is 0 Å². The summed E-state index contributed by atoms with van der Waals surface area (Å²) in [6.45, 7) is 8.86. The minimum absolute atomic E-state index is 0.435. The molecular weight excluding hydrogens is 224 g/mol. The van der Waals surface area contributed by atoms with E-state index in [0.29, 0.717) is 18.2 Å². The smallest absolute Gasteiger partial charge is 0.0704 e. The van der Waals surface area contributed by atoms with Crippen LogP contribution in [0.3, 0.4) is 0 Å². The Hall–Kier alpha value is -0.120. The highest BCUT2D eigenvalue weighted by molar-refractivity contribution is 4.79. The summed E-state index contributed by atoms with van der Waals surface area (Å²) < 4.78 is 5.84. The van der Waals surface area contributed by atoms with E-state index in [1.165, 1.54) is 25.7 Å². The van der Waals surface area contributed by atoms with Crippen molar-refractivity contribution in [2.45, 2.75) is 64.7 Å². The molecule has 1 rings (SSSR count). The van der Waals surface area contributed by atoms with Crippen LogP contribution in [0, 0.1) is 5.92 Å². The van der Waals surface area contributed by atoms with Crippen LogP contribution in [-0.2, 0) is 4.74 Å². The number of likely N-dealkylation sites (N-methyl/N-ethyl adjacent to an activating group) is 1. The highest BCUT2D eigenvalue weighted by Crippen LogP contribution is 2.19. The zero-order chi connectivity index (χ0) is 13.5. The molecule has 0 aliphatic carbocycles. The first kappa shape index (κ1) is 15.9. The lowest BCUT2D eigenvalue weighted by molar-refractivity contribution is 0.0542. The molecule has 0 aromatic heterocycles. The molecule has 0 spiro atoms. The van der Waals surface area contributed by atoms with Crippen molar-refractivity contribution in [3.05, 3.63) is 0 Å². The summed E-state index contributed by atoms with van der Waals surface area (Å²) in [4.78, 5) is 2.36. The Balaban J connectivity index is 2.29. The van der Waals surface area contributed by atoms with Gasteiger partial charge in [-0.05, 0) is 39.8 Å². The summed E-state index contributed by atoms with van der Waals surface area (Å²) in [7, 11) is 4.39. The first-order chi connectivity index (χ1) is 8.58. The van der Waals surface area contributed by atoms with Gasteiger partial charge in [0.05, 0.1) is 12.2 Å². The Labute approximate surface area is 113 Å². The van der Waals surface area contributed by atoms with E-state index in [2.05, 4.69) is 45.1 Å². The topological polar surface area (TPSA) is 24.5 Å². The highest BCUT2D eigenvalue weighted by atomic mass is 16.5. The van der Waals surface area contributed by atoms with Gasteiger partial charge in [-0.3, -0.25) is 0 Å². The van der Waals surface area contributed by atoms with Crippen LogP contribution in [0.4, 0.5) is 0 Å². The van der Waals surface area contributed by atoms with Crippen LogP contribution in [0.2, 0.25) is 0 Å². The van der Waals surface area contributed by atoms with E-state index in [9.17, 15) is 0 Å². The minimum atomic E-state index is 0.435. The fourth-order valence-electron chi connectivity index (χ4n) is 3.03. The average molecular weight is 256 g/mol. The molecule has 0 aromatic rings. The maximum atomic E-state index is 5.84. The zero-order valence-electron chi connectivity index (χ0n) is 12.9. The molecule has 18 heavy (non-hydrogen) atoms. The van der Waals surface area contributed by atoms with Crippen molar-refractivity contribution in [3.8, 4) is 0 Å². The summed E-state index contributed by atoms with van der Waals surface area (Å²) in [6.07, 6.45) is 5.85. The number of ether oxygens (including phenoxy) is 1. The van der Waals surface area contributed by atoms with E-state index in [-0.39, 0.29) is 0 Å². The Morgan fingerprint density at radius 3 is 2.33 bits per heavy atom. The van der Waals surface area contributed by atoms with E-state index < -0.39 is 0 Å². The largest absolute Gasteiger partial charge is 0.374 e. The van der Waals surface area contributed by atoms with Gasteiger partial charge in [-0.2, -0.15) is 0 Å². The summed E-state index contributed by atoms with van der Waals surface area (Å²) in [5.41, 5.74) is 0. The first-order valence-corrected chi connectivity index (χ1v) is 7.61. The first-order valence-electron chi connectivity index (χ1n) is 7.61. The fourth-order valence-corrected chi connectivity index (χ4v) is 3.03. The highest BCUT2D eigenvalue weighted by Gasteiger charge is 2.23. The molecule has 108 valence electrons. The van der Waals surface area contributed by atoms with Crippen LogP contribution >= 0.6 is 0 Å². The second-order valence-corrected chi connectivity index (χ2v) is 5.91. The number of hydrogen-bond acceptors (Lipinski definition) is 3. The Morgan fingerprint density at radius 2 is 1.89 bits per heavy atom. The number of hydrogen-bond donors (Lipinski definition) is 1. The van der Waals surface area contributed by atoms with E-state index in [1.54, 1.807) is 0 Å². The van der Waals surface area contributed by atoms with Crippen molar-refractivity contribution in [2.24, 2.45) is 5.92 Å². The molecule has 1 aliphatic rings. The van der Waals surface area contributed by atoms with Gasteiger partial charge in [0.2, 0.25) is 0 Å². The van der Waals surface area contributed by atoms with Crippen LogP contribution in [0.1, 0.15) is 46.5 Å². The van der Waals surface area contributed by atoms with E-state index in [0.717, 1.165) is 19.0 Å². The van der Waals surface area contributed by atoms with Gasteiger partial charge in [-0.15, -0.1) is 0 Å². The Bertz CT molecular complexity index is 217. The van der Waals surface area contributed by atoms with Gasteiger partial charge in [0.1, 0.15) is 0 Å². The molecule has 1 aliphatic heterocycles. The van der Waals surface area contributed by atoms with Crippen molar-refractivity contribution in [3.63, 3.8) is 0 Å². The Morgan fingerprint density at radius 1 is 1.22 bits per heavy atom. The van der Waals surface area contributed by atoms with Gasteiger partial charge >= 0.3 is 0 Å². The third-order valence-corrected chi connectivity index (χ3v) is 4.30. The van der Waals surface area contributed by atoms with Gasteiger partial charge < -0.3 is 15.0 Å². The third-order valence-electron chi connectivity index (χ3n) is 4.30. The lowest BCUT2D eigenvalue weighted by atomic mass is 9.93. The van der Waals surface area contributed by atoms with Crippen molar-refractivity contribution in [2.75, 3.05) is 27.2 Å². The molecule has 1 fully saturated rings. The average Bonchev–Trinajstić information content (AvgIpc) is 2.74. The van der Waals surface area contributed by atoms with Crippen molar-refractivity contribution < 1.29 is 4.74 Å². The number of nitrogens with one attached hydrogen (secondary N) is 1. The molecule has 3 heteroatoms. The second-order valence-electron chi connectivity index (χ2n) is 5.91. The van der Waals surface area contributed by atoms with Crippen LogP contribution in [0.25, 0.3) is 0 Å². The van der Waals surface area contributed by atoms with Gasteiger partial charge in [-0.1, -0.05) is 26.7 Å². The fraction of sp³-hybridized carbons (Fsp3) is 1.00. The molecule has 0 radical (unpaired) electrons. The molecule has 0 bridgehead atoms. The molecule has 0 saturated carbocycles. The van der Waals surface area contributed by atoms with Crippen LogP contribution in [-0.4, -0.2) is 50.3 Å². The van der Waals surface area contributed by atoms with Crippen LogP contribution < -0.4 is 5.32 Å². The van der Waals surface area contributed by atoms with E-state index in [1.807, 2.05) is 0 Å². The molecule has 3 unspecified atom stereocenters. The molecule has 0 amide bonds. The zero-order valence-corrected chi connectivity index (χ0v) is 12.9. The van der Waals surface area contributed by atoms with Crippen molar-refractivity contribution in [1.82, 2.24) is 10.2 Å². The molecule has 3 nitrogen and oxygen atoms in total. The van der Waals surface area contributed by atoms with E-state index in [4.69, 9.17) is 4.74 Å². The van der Waals surface area contributed by atoms with Gasteiger partial charge in [0.25, 0.3) is 0 Å². The SMILES string of the molecule is CCC(CC)C(CNCC1CCC(C)O1)N(C)C. The standard InChI is InChI=1S/C15H32N2O/c1-6-13(7-2)15(17(4)5)11-16-10-14-9-8-12(3)18-14/h12-16H,6-11H2,1-5H3. The van der Waals surface area contributed by atoms with Crippen molar-refractivity contribution >= 4 is 0 Å². The monoisotopic (exact) mass is 256 g/mol. The van der Waals surface area contributed by atoms with Gasteiger partial charge in [-0.25, -0.2) is 0 Å². The van der Waals surface area contributed by atoms with Crippen molar-refractivity contribution in [1.29, 1.82) is 0 Å². The minimum Gasteiger partial charge on any atom is -0.374 e. The van der Waals surface area contributed by atoms with Gasteiger partial charge in [0.15, 0.2) is 0 Å². The lowest BCUT2D eigenvalue weighted by Crippen LogP contribution is -2.44. The lowest BCUT2D eigenvalue weighted by Gasteiger charge is -2.32. The molecule has 3 atom stereocenters. The number of rotatable bonds is 8. The molecule has 1 saturated heterocycles. The molecule has 1 heterocycles. The molecular formula is C15H32N2O. The van der Waals surface area contributed by atoms with Crippen LogP contribution in [0.15, 0.2) is 0 Å². The predicted molar refractivity (Wildman–Crippen MR) is 78.0 cm³/mol. The normalized spacial score (nSPS) is 26.2. The summed E-state index contributed by atoms with van der Waals surface area (Å²) in [6, 6.07) is 0.638. The number of nitrogens with zero attached hydrogens (tertiary/aromatic N) is 1. The Kier molecular flexibility index (Phi) is 7.20. The van der Waals surface area contributed by atoms with Gasteiger partial charge in [0, 0.05) is 19.1 Å². The summed E-state index contributed by atoms with van der Waals surface area (Å²) in [5.74, 6) is 0.788. The summed E-state index contributed by atoms with van der Waals surface area (Å²) >= 11 is 0. The predicted octanol–water partition coefficient (Wildman–Crippen LogP) is 2.51. The maximum Gasteiger partial charge on any atom is 0.0704 e.